The third kappa shape index (κ3) is 5.05. The van der Waals surface area contributed by atoms with Gasteiger partial charge in [0.25, 0.3) is 0 Å². The molecule has 2 aliphatic heterocycles. The second kappa shape index (κ2) is 7.61. The van der Waals surface area contributed by atoms with Gasteiger partial charge >= 0.3 is 0 Å². The van der Waals surface area contributed by atoms with Crippen LogP contribution in [-0.4, -0.2) is 49.8 Å². The Kier molecular flexibility index (Phi) is 6.11. The first-order chi connectivity index (χ1) is 9.15. The van der Waals surface area contributed by atoms with Gasteiger partial charge in [-0.05, 0) is 51.0 Å². The Morgan fingerprint density at radius 3 is 2.63 bits per heavy atom. The van der Waals surface area contributed by atoms with Crippen LogP contribution in [-0.2, 0) is 4.74 Å². The molecule has 2 fully saturated rings. The van der Waals surface area contributed by atoms with Gasteiger partial charge in [-0.2, -0.15) is 0 Å². The molecule has 112 valence electrons. The average Bonchev–Trinajstić information content (AvgIpc) is 2.53. The highest BCUT2D eigenvalue weighted by Gasteiger charge is 2.26. The third-order valence-corrected chi connectivity index (χ3v) is 4.66. The molecule has 3 nitrogen and oxygen atoms in total. The minimum absolute atomic E-state index is 0.685. The van der Waals surface area contributed by atoms with Gasteiger partial charge in [0.05, 0.1) is 0 Å². The normalized spacial score (nSPS) is 31.6. The average molecular weight is 268 g/mol. The fraction of sp³-hybridized carbons (Fsp3) is 1.00. The standard InChI is InChI=1S/C16H32N2O/c1-13(2)10-16-12-18(14(3)4-7-17-16)11-15-5-8-19-9-6-15/h13-17H,4-12H2,1-3H3. The van der Waals surface area contributed by atoms with Crippen molar-refractivity contribution in [2.45, 2.75) is 58.5 Å². The van der Waals surface area contributed by atoms with E-state index in [1.165, 1.54) is 45.3 Å². The Labute approximate surface area is 119 Å². The van der Waals surface area contributed by atoms with Crippen LogP contribution in [0.5, 0.6) is 0 Å². The molecule has 0 saturated carbocycles. The van der Waals surface area contributed by atoms with Crippen molar-refractivity contribution in [3.63, 3.8) is 0 Å². The Balaban J connectivity index is 1.87. The molecule has 0 amide bonds. The van der Waals surface area contributed by atoms with E-state index in [0.717, 1.165) is 31.1 Å². The summed E-state index contributed by atoms with van der Waals surface area (Å²) in [4.78, 5) is 2.74. The molecule has 0 spiro atoms. The van der Waals surface area contributed by atoms with Gasteiger partial charge in [-0.3, -0.25) is 4.90 Å². The van der Waals surface area contributed by atoms with Crippen molar-refractivity contribution >= 4 is 0 Å². The maximum Gasteiger partial charge on any atom is 0.0469 e. The minimum Gasteiger partial charge on any atom is -0.381 e. The van der Waals surface area contributed by atoms with Gasteiger partial charge in [0.15, 0.2) is 0 Å². The van der Waals surface area contributed by atoms with E-state index < -0.39 is 0 Å². The lowest BCUT2D eigenvalue weighted by atomic mass is 9.98. The SMILES string of the molecule is CC(C)CC1CN(CC2CCOCC2)C(C)CCN1. The van der Waals surface area contributed by atoms with Gasteiger partial charge < -0.3 is 10.1 Å². The van der Waals surface area contributed by atoms with E-state index in [4.69, 9.17) is 4.74 Å². The molecule has 2 aliphatic rings. The van der Waals surface area contributed by atoms with Gasteiger partial charge in [-0.1, -0.05) is 13.8 Å². The molecule has 2 rings (SSSR count). The Morgan fingerprint density at radius 1 is 1.21 bits per heavy atom. The van der Waals surface area contributed by atoms with Crippen LogP contribution in [0.2, 0.25) is 0 Å². The Hall–Kier alpha value is -0.120. The van der Waals surface area contributed by atoms with Gasteiger partial charge in [0.2, 0.25) is 0 Å². The second-order valence-electron chi connectivity index (χ2n) is 6.93. The number of rotatable bonds is 4. The molecule has 0 bridgehead atoms. The summed E-state index contributed by atoms with van der Waals surface area (Å²) in [6, 6.07) is 1.41. The Morgan fingerprint density at radius 2 is 1.95 bits per heavy atom. The molecule has 2 heterocycles. The third-order valence-electron chi connectivity index (χ3n) is 4.66. The number of hydrogen-bond donors (Lipinski definition) is 1. The highest BCUT2D eigenvalue weighted by Crippen LogP contribution is 2.20. The molecule has 0 aliphatic carbocycles. The first-order valence-electron chi connectivity index (χ1n) is 8.20. The minimum atomic E-state index is 0.685. The second-order valence-corrected chi connectivity index (χ2v) is 6.93. The predicted molar refractivity (Wildman–Crippen MR) is 80.4 cm³/mol. The van der Waals surface area contributed by atoms with E-state index in [9.17, 15) is 0 Å². The van der Waals surface area contributed by atoms with E-state index in [0.29, 0.717) is 6.04 Å². The summed E-state index contributed by atoms with van der Waals surface area (Å²) in [7, 11) is 0. The summed E-state index contributed by atoms with van der Waals surface area (Å²) in [6.45, 7) is 12.7. The summed E-state index contributed by atoms with van der Waals surface area (Å²) in [5, 5.41) is 3.74. The molecule has 0 aromatic rings. The molecular weight excluding hydrogens is 236 g/mol. The zero-order valence-corrected chi connectivity index (χ0v) is 13.0. The summed E-state index contributed by atoms with van der Waals surface area (Å²) >= 11 is 0. The van der Waals surface area contributed by atoms with Crippen LogP contribution in [0.1, 0.15) is 46.5 Å². The smallest absolute Gasteiger partial charge is 0.0469 e. The van der Waals surface area contributed by atoms with Crippen molar-refractivity contribution in [1.82, 2.24) is 10.2 Å². The van der Waals surface area contributed by atoms with Crippen molar-refractivity contribution in [2.24, 2.45) is 11.8 Å². The zero-order chi connectivity index (χ0) is 13.7. The van der Waals surface area contributed by atoms with Crippen LogP contribution in [0.25, 0.3) is 0 Å². The lowest BCUT2D eigenvalue weighted by Crippen LogP contribution is -2.43. The van der Waals surface area contributed by atoms with Crippen LogP contribution >= 0.6 is 0 Å². The van der Waals surface area contributed by atoms with Crippen LogP contribution in [0.3, 0.4) is 0 Å². The molecule has 19 heavy (non-hydrogen) atoms. The fourth-order valence-corrected chi connectivity index (χ4v) is 3.45. The number of hydrogen-bond acceptors (Lipinski definition) is 3. The maximum absolute atomic E-state index is 5.48. The molecule has 2 unspecified atom stereocenters. The zero-order valence-electron chi connectivity index (χ0n) is 13.0. The summed E-state index contributed by atoms with van der Waals surface area (Å²) in [6.07, 6.45) is 5.10. The van der Waals surface area contributed by atoms with Crippen LogP contribution in [0.15, 0.2) is 0 Å². The highest BCUT2D eigenvalue weighted by molar-refractivity contribution is 4.83. The van der Waals surface area contributed by atoms with Crippen molar-refractivity contribution in [3.8, 4) is 0 Å². The molecule has 1 N–H and O–H groups in total. The maximum atomic E-state index is 5.48. The van der Waals surface area contributed by atoms with E-state index in [1.807, 2.05) is 0 Å². The van der Waals surface area contributed by atoms with Crippen LogP contribution in [0, 0.1) is 11.8 Å². The topological polar surface area (TPSA) is 24.5 Å². The quantitative estimate of drug-likeness (QED) is 0.848. The molecule has 0 aromatic heterocycles. The van der Waals surface area contributed by atoms with Gasteiger partial charge in [-0.25, -0.2) is 0 Å². The summed E-state index contributed by atoms with van der Waals surface area (Å²) in [5.74, 6) is 1.64. The summed E-state index contributed by atoms with van der Waals surface area (Å²) in [5.41, 5.74) is 0. The molecular formula is C16H32N2O. The number of nitrogens with zero attached hydrogens (tertiary/aromatic N) is 1. The van der Waals surface area contributed by atoms with Gasteiger partial charge in [-0.15, -0.1) is 0 Å². The van der Waals surface area contributed by atoms with Crippen LogP contribution in [0.4, 0.5) is 0 Å². The van der Waals surface area contributed by atoms with Crippen LogP contribution < -0.4 is 5.32 Å². The predicted octanol–water partition coefficient (Wildman–Crippen LogP) is 2.51. The fourth-order valence-electron chi connectivity index (χ4n) is 3.45. The summed E-state index contributed by atoms with van der Waals surface area (Å²) < 4.78 is 5.48. The monoisotopic (exact) mass is 268 g/mol. The molecule has 2 saturated heterocycles. The lowest BCUT2D eigenvalue weighted by Gasteiger charge is -2.34. The van der Waals surface area contributed by atoms with Crippen molar-refractivity contribution in [3.05, 3.63) is 0 Å². The van der Waals surface area contributed by atoms with Crippen molar-refractivity contribution in [1.29, 1.82) is 0 Å². The number of nitrogens with one attached hydrogen (secondary N) is 1. The molecule has 0 radical (unpaired) electrons. The lowest BCUT2D eigenvalue weighted by molar-refractivity contribution is 0.0459. The number of ether oxygens (including phenoxy) is 1. The highest BCUT2D eigenvalue weighted by atomic mass is 16.5. The van der Waals surface area contributed by atoms with E-state index in [1.54, 1.807) is 0 Å². The Bertz CT molecular complexity index is 251. The van der Waals surface area contributed by atoms with E-state index >= 15 is 0 Å². The molecule has 2 atom stereocenters. The molecule has 0 aromatic carbocycles. The largest absolute Gasteiger partial charge is 0.381 e. The van der Waals surface area contributed by atoms with Gasteiger partial charge in [0.1, 0.15) is 0 Å². The van der Waals surface area contributed by atoms with E-state index in [-0.39, 0.29) is 0 Å². The first-order valence-corrected chi connectivity index (χ1v) is 8.20. The first kappa shape index (κ1) is 15.3. The van der Waals surface area contributed by atoms with Crippen molar-refractivity contribution in [2.75, 3.05) is 32.8 Å². The van der Waals surface area contributed by atoms with Crippen molar-refractivity contribution < 1.29 is 4.74 Å². The van der Waals surface area contributed by atoms with Gasteiger partial charge in [0, 0.05) is 38.4 Å². The molecule has 3 heteroatoms. The van der Waals surface area contributed by atoms with E-state index in [2.05, 4.69) is 31.0 Å².